The van der Waals surface area contributed by atoms with E-state index in [-0.39, 0.29) is 23.8 Å². The summed E-state index contributed by atoms with van der Waals surface area (Å²) in [5, 5.41) is 14.9. The highest BCUT2D eigenvalue weighted by Crippen LogP contribution is 2.42. The van der Waals surface area contributed by atoms with E-state index in [2.05, 4.69) is 22.4 Å². The molecule has 1 saturated heterocycles. The van der Waals surface area contributed by atoms with Crippen LogP contribution in [0.15, 0.2) is 41.8 Å². The third kappa shape index (κ3) is 5.07. The van der Waals surface area contributed by atoms with Crippen molar-refractivity contribution in [2.45, 2.75) is 58.4 Å². The lowest BCUT2D eigenvalue weighted by Gasteiger charge is -2.40. The zero-order chi connectivity index (χ0) is 22.5. The van der Waals surface area contributed by atoms with Crippen LogP contribution in [0.25, 0.3) is 0 Å². The Morgan fingerprint density at radius 1 is 1.19 bits per heavy atom. The van der Waals surface area contributed by atoms with Crippen molar-refractivity contribution in [2.24, 2.45) is 5.92 Å². The van der Waals surface area contributed by atoms with Gasteiger partial charge in [0.05, 0.1) is 12.0 Å². The van der Waals surface area contributed by atoms with Gasteiger partial charge in [0, 0.05) is 23.4 Å². The second-order valence-corrected chi connectivity index (χ2v) is 10.2. The van der Waals surface area contributed by atoms with Crippen LogP contribution in [-0.4, -0.2) is 22.0 Å². The zero-order valence-electron chi connectivity index (χ0n) is 18.4. The van der Waals surface area contributed by atoms with Crippen LogP contribution in [0.1, 0.15) is 60.5 Å². The highest BCUT2D eigenvalue weighted by atomic mass is 32.1. The highest BCUT2D eigenvalue weighted by molar-refractivity contribution is 7.15. The molecule has 1 fully saturated rings. The first-order chi connectivity index (χ1) is 15.6. The summed E-state index contributed by atoms with van der Waals surface area (Å²) < 4.78 is 0. The highest BCUT2D eigenvalue weighted by Gasteiger charge is 2.42. The molecule has 2 aromatic heterocycles. The van der Waals surface area contributed by atoms with E-state index in [4.69, 9.17) is 0 Å². The molecule has 0 aliphatic carbocycles. The lowest BCUT2D eigenvalue weighted by molar-refractivity contribution is -0.125. The number of thiophene rings is 1. The Bertz CT molecular complexity index is 1050. The number of benzene rings is 1. The quantitative estimate of drug-likeness (QED) is 0.426. The maximum absolute atomic E-state index is 13.4. The molecule has 0 unspecified atom stereocenters. The van der Waals surface area contributed by atoms with Crippen molar-refractivity contribution in [1.29, 1.82) is 0 Å². The third-order valence-corrected chi connectivity index (χ3v) is 7.61. The topological polar surface area (TPSA) is 75.2 Å². The molecule has 3 heterocycles. The molecule has 4 rings (SSSR count). The number of anilines is 2. The molecule has 32 heavy (non-hydrogen) atoms. The van der Waals surface area contributed by atoms with E-state index in [1.807, 2.05) is 48.7 Å². The van der Waals surface area contributed by atoms with Crippen LogP contribution in [0.5, 0.6) is 0 Å². The largest absolute Gasteiger partial charge is 0.303 e. The maximum Gasteiger partial charge on any atom is 0.231 e. The number of amides is 2. The van der Waals surface area contributed by atoms with Crippen LogP contribution in [-0.2, 0) is 16.0 Å². The van der Waals surface area contributed by atoms with E-state index >= 15 is 0 Å². The third-order valence-electron chi connectivity index (χ3n) is 5.77. The molecule has 1 aliphatic rings. The summed E-state index contributed by atoms with van der Waals surface area (Å²) in [6.45, 7) is 4.19. The minimum atomic E-state index is -0.361. The van der Waals surface area contributed by atoms with Crippen molar-refractivity contribution < 1.29 is 9.59 Å². The second-order valence-electron chi connectivity index (χ2n) is 8.15. The van der Waals surface area contributed by atoms with Crippen molar-refractivity contribution in [3.63, 3.8) is 0 Å². The van der Waals surface area contributed by atoms with Crippen LogP contribution in [0.3, 0.4) is 0 Å². The second kappa shape index (κ2) is 10.4. The number of hydrogen-bond acceptors (Lipinski definition) is 6. The number of aryl methyl sites for hydroxylation is 2. The monoisotopic (exact) mass is 468 g/mol. The van der Waals surface area contributed by atoms with Crippen LogP contribution in [0, 0.1) is 12.8 Å². The molecule has 2 atom stereocenters. The Hall–Kier alpha value is -2.58. The van der Waals surface area contributed by atoms with Crippen LogP contribution >= 0.6 is 22.7 Å². The fourth-order valence-electron chi connectivity index (χ4n) is 4.09. The van der Waals surface area contributed by atoms with Crippen molar-refractivity contribution >= 4 is 45.3 Å². The van der Waals surface area contributed by atoms with Crippen molar-refractivity contribution in [3.8, 4) is 0 Å². The Morgan fingerprint density at radius 3 is 2.72 bits per heavy atom. The van der Waals surface area contributed by atoms with Gasteiger partial charge in [0.1, 0.15) is 5.01 Å². The predicted molar refractivity (Wildman–Crippen MR) is 130 cm³/mol. The van der Waals surface area contributed by atoms with Gasteiger partial charge >= 0.3 is 0 Å². The molecule has 8 heteroatoms. The van der Waals surface area contributed by atoms with E-state index in [0.717, 1.165) is 46.8 Å². The number of aromatic nitrogens is 2. The average molecular weight is 469 g/mol. The van der Waals surface area contributed by atoms with E-state index in [1.165, 1.54) is 11.3 Å². The van der Waals surface area contributed by atoms with Gasteiger partial charge in [-0.1, -0.05) is 54.9 Å². The summed E-state index contributed by atoms with van der Waals surface area (Å²) in [7, 11) is 0. The van der Waals surface area contributed by atoms with Crippen LogP contribution < -0.4 is 10.2 Å². The molecule has 0 saturated carbocycles. The van der Waals surface area contributed by atoms with Crippen LogP contribution in [0.2, 0.25) is 0 Å². The lowest BCUT2D eigenvalue weighted by atomic mass is 9.86. The molecular weight excluding hydrogens is 440 g/mol. The normalized spacial score (nSPS) is 18.7. The summed E-state index contributed by atoms with van der Waals surface area (Å²) in [4.78, 5) is 29.2. The predicted octanol–water partition coefficient (Wildman–Crippen LogP) is 5.76. The molecule has 168 valence electrons. The molecular formula is C24H28N4O2S2. The Morgan fingerprint density at radius 2 is 2.00 bits per heavy atom. The molecule has 0 radical (unpaired) electrons. The molecule has 0 spiro atoms. The Labute approximate surface area is 196 Å². The molecule has 0 bridgehead atoms. The molecule has 2 amide bonds. The van der Waals surface area contributed by atoms with E-state index in [9.17, 15) is 9.59 Å². The number of nitrogens with one attached hydrogen (secondary N) is 1. The summed E-state index contributed by atoms with van der Waals surface area (Å²) in [5.41, 5.74) is 1.96. The smallest absolute Gasteiger partial charge is 0.231 e. The van der Waals surface area contributed by atoms with Crippen molar-refractivity contribution in [3.05, 3.63) is 57.2 Å². The Kier molecular flexibility index (Phi) is 7.32. The maximum atomic E-state index is 13.4. The molecule has 1 aliphatic heterocycles. The summed E-state index contributed by atoms with van der Waals surface area (Å²) in [6.07, 6.45) is 5.14. The summed E-state index contributed by atoms with van der Waals surface area (Å²) >= 11 is 3.02. The van der Waals surface area contributed by atoms with E-state index in [0.29, 0.717) is 18.0 Å². The number of rotatable bonds is 8. The average Bonchev–Trinajstić information content (AvgIpc) is 3.47. The lowest BCUT2D eigenvalue weighted by Crippen LogP contribution is -2.46. The molecule has 1 N–H and O–H groups in total. The van der Waals surface area contributed by atoms with Gasteiger partial charge in [0.15, 0.2) is 0 Å². The van der Waals surface area contributed by atoms with Gasteiger partial charge in [0.25, 0.3) is 0 Å². The van der Waals surface area contributed by atoms with Gasteiger partial charge in [-0.2, -0.15) is 0 Å². The number of hydrogen-bond donors (Lipinski definition) is 1. The number of carbonyl (C=O) groups is 2. The fraction of sp³-hybridized carbons (Fsp3) is 0.417. The van der Waals surface area contributed by atoms with Crippen molar-refractivity contribution in [2.75, 3.05) is 10.2 Å². The van der Waals surface area contributed by atoms with Gasteiger partial charge < -0.3 is 10.2 Å². The van der Waals surface area contributed by atoms with E-state index < -0.39 is 0 Å². The molecule has 1 aromatic carbocycles. The summed E-state index contributed by atoms with van der Waals surface area (Å²) in [6, 6.07) is 11.6. The van der Waals surface area contributed by atoms with Gasteiger partial charge in [0.2, 0.25) is 16.9 Å². The SMILES string of the molecule is CCCCCc1nnc(NC(=O)[C@@H]2CCC(=O)N(c3ccc(C)cc3)[C@@H]2c2cccs2)s1. The van der Waals surface area contributed by atoms with Gasteiger partial charge in [-0.05, 0) is 43.3 Å². The summed E-state index contributed by atoms with van der Waals surface area (Å²) in [5.74, 6) is -0.421. The number of piperidine rings is 1. The van der Waals surface area contributed by atoms with Crippen molar-refractivity contribution in [1.82, 2.24) is 10.2 Å². The van der Waals surface area contributed by atoms with Crippen LogP contribution in [0.4, 0.5) is 10.8 Å². The number of carbonyl (C=O) groups excluding carboxylic acids is 2. The fourth-order valence-corrected chi connectivity index (χ4v) is 5.76. The standard InChI is InChI=1S/C24H28N4O2S2/c1-3-4-5-8-20-26-27-24(32-20)25-23(30)18-13-14-21(29)28(17-11-9-16(2)10-12-17)22(18)19-7-6-15-31-19/h6-7,9-12,15,18,22H,3-5,8,13-14H2,1-2H3,(H,25,27,30)/t18-,22+/m1/s1. The first-order valence-corrected chi connectivity index (χ1v) is 12.8. The molecule has 3 aromatic rings. The Balaban J connectivity index is 1.57. The number of nitrogens with zero attached hydrogens (tertiary/aromatic N) is 3. The van der Waals surface area contributed by atoms with Gasteiger partial charge in [-0.25, -0.2) is 0 Å². The minimum absolute atomic E-state index is 0.0467. The molecule has 6 nitrogen and oxygen atoms in total. The first-order valence-electron chi connectivity index (χ1n) is 11.1. The number of unbranched alkanes of at least 4 members (excludes halogenated alkanes) is 2. The first kappa shape index (κ1) is 22.6. The van der Waals surface area contributed by atoms with Gasteiger partial charge in [-0.15, -0.1) is 21.5 Å². The zero-order valence-corrected chi connectivity index (χ0v) is 20.0. The van der Waals surface area contributed by atoms with E-state index in [1.54, 1.807) is 16.2 Å². The van der Waals surface area contributed by atoms with Gasteiger partial charge in [-0.3, -0.25) is 9.59 Å². The minimum Gasteiger partial charge on any atom is -0.303 e.